The summed E-state index contributed by atoms with van der Waals surface area (Å²) >= 11 is 0. The predicted octanol–water partition coefficient (Wildman–Crippen LogP) is 1.90. The van der Waals surface area contributed by atoms with Gasteiger partial charge in [0.2, 0.25) is 0 Å². The predicted molar refractivity (Wildman–Crippen MR) is 72.8 cm³/mol. The number of hydrogen-bond donors (Lipinski definition) is 0. The minimum Gasteiger partial charge on any atom is -0.379 e. The Hall–Kier alpha value is -0.870. The molecule has 1 aromatic heterocycles. The summed E-state index contributed by atoms with van der Waals surface area (Å²) in [6.45, 7) is 12.7. The van der Waals surface area contributed by atoms with Gasteiger partial charge in [-0.1, -0.05) is 20.8 Å². The summed E-state index contributed by atoms with van der Waals surface area (Å²) < 4.78 is 7.42. The van der Waals surface area contributed by atoms with Crippen LogP contribution in [0.1, 0.15) is 32.8 Å². The van der Waals surface area contributed by atoms with Gasteiger partial charge in [-0.25, -0.2) is 0 Å². The Labute approximate surface area is 110 Å². The van der Waals surface area contributed by atoms with Crippen LogP contribution in [0.4, 0.5) is 0 Å². The van der Waals surface area contributed by atoms with Crippen molar-refractivity contribution < 1.29 is 4.74 Å². The highest BCUT2D eigenvalue weighted by molar-refractivity contribution is 5.16. The number of aromatic nitrogens is 2. The highest BCUT2D eigenvalue weighted by Gasteiger charge is 2.19. The third-order valence-corrected chi connectivity index (χ3v) is 4.05. The molecule has 0 amide bonds. The van der Waals surface area contributed by atoms with Gasteiger partial charge < -0.3 is 4.74 Å². The van der Waals surface area contributed by atoms with E-state index in [9.17, 15) is 0 Å². The van der Waals surface area contributed by atoms with Crippen LogP contribution in [0, 0.1) is 0 Å². The van der Waals surface area contributed by atoms with Gasteiger partial charge in [0.05, 0.1) is 26.0 Å². The van der Waals surface area contributed by atoms with Gasteiger partial charge in [-0.05, 0) is 17.4 Å². The second-order valence-corrected chi connectivity index (χ2v) is 5.68. The number of hydrogen-bond acceptors (Lipinski definition) is 3. The monoisotopic (exact) mass is 251 g/mol. The van der Waals surface area contributed by atoms with E-state index in [0.717, 1.165) is 45.8 Å². The van der Waals surface area contributed by atoms with Gasteiger partial charge in [-0.15, -0.1) is 0 Å². The molecule has 0 spiro atoms. The minimum atomic E-state index is 0.233. The van der Waals surface area contributed by atoms with Gasteiger partial charge >= 0.3 is 0 Å². The lowest BCUT2D eigenvalue weighted by atomic mass is 9.84. The number of morpholine rings is 1. The van der Waals surface area contributed by atoms with E-state index in [4.69, 9.17) is 4.74 Å². The second-order valence-electron chi connectivity index (χ2n) is 5.68. The third-order valence-electron chi connectivity index (χ3n) is 4.05. The van der Waals surface area contributed by atoms with Crippen molar-refractivity contribution in [3.05, 3.63) is 18.0 Å². The van der Waals surface area contributed by atoms with Crippen LogP contribution in [-0.2, 0) is 16.7 Å². The van der Waals surface area contributed by atoms with Gasteiger partial charge in [-0.3, -0.25) is 9.58 Å². The van der Waals surface area contributed by atoms with Crippen LogP contribution in [0.2, 0.25) is 0 Å². The molecule has 0 bridgehead atoms. The fraction of sp³-hybridized carbons (Fsp3) is 0.786. The third kappa shape index (κ3) is 3.33. The number of rotatable bonds is 5. The molecule has 4 nitrogen and oxygen atoms in total. The lowest BCUT2D eigenvalue weighted by Gasteiger charge is -2.26. The van der Waals surface area contributed by atoms with Crippen LogP contribution in [0.25, 0.3) is 0 Å². The average Bonchev–Trinajstić information content (AvgIpc) is 2.87. The quantitative estimate of drug-likeness (QED) is 0.801. The average molecular weight is 251 g/mol. The highest BCUT2D eigenvalue weighted by Crippen LogP contribution is 2.25. The fourth-order valence-electron chi connectivity index (χ4n) is 2.11. The zero-order valence-corrected chi connectivity index (χ0v) is 11.9. The van der Waals surface area contributed by atoms with Crippen molar-refractivity contribution in [2.45, 2.75) is 39.2 Å². The summed E-state index contributed by atoms with van der Waals surface area (Å²) in [5, 5.41) is 4.47. The Morgan fingerprint density at radius 2 is 2.00 bits per heavy atom. The molecule has 2 heterocycles. The van der Waals surface area contributed by atoms with E-state index in [0.29, 0.717) is 0 Å². The largest absolute Gasteiger partial charge is 0.379 e. The van der Waals surface area contributed by atoms with Gasteiger partial charge in [0.15, 0.2) is 0 Å². The van der Waals surface area contributed by atoms with Gasteiger partial charge in [-0.2, -0.15) is 5.10 Å². The van der Waals surface area contributed by atoms with E-state index in [1.54, 1.807) is 0 Å². The maximum atomic E-state index is 5.35. The molecule has 0 N–H and O–H groups in total. The maximum absolute atomic E-state index is 5.35. The molecule has 1 aliphatic rings. The van der Waals surface area contributed by atoms with Crippen LogP contribution in [-0.4, -0.2) is 47.5 Å². The summed E-state index contributed by atoms with van der Waals surface area (Å²) in [6.07, 6.45) is 5.36. The smallest absolute Gasteiger partial charge is 0.0594 e. The first-order valence-corrected chi connectivity index (χ1v) is 6.95. The summed E-state index contributed by atoms with van der Waals surface area (Å²) in [6, 6.07) is 0. The Balaban J connectivity index is 1.86. The molecule has 1 fully saturated rings. The van der Waals surface area contributed by atoms with Crippen LogP contribution in [0.15, 0.2) is 12.4 Å². The van der Waals surface area contributed by atoms with Crippen molar-refractivity contribution in [3.8, 4) is 0 Å². The van der Waals surface area contributed by atoms with E-state index in [1.807, 2.05) is 6.20 Å². The van der Waals surface area contributed by atoms with Crippen LogP contribution in [0.5, 0.6) is 0 Å². The van der Waals surface area contributed by atoms with Crippen molar-refractivity contribution in [1.82, 2.24) is 14.7 Å². The Morgan fingerprint density at radius 3 is 2.67 bits per heavy atom. The van der Waals surface area contributed by atoms with Gasteiger partial charge in [0, 0.05) is 25.8 Å². The fourth-order valence-corrected chi connectivity index (χ4v) is 2.11. The molecular formula is C14H25N3O. The van der Waals surface area contributed by atoms with Gasteiger partial charge in [0.25, 0.3) is 0 Å². The summed E-state index contributed by atoms with van der Waals surface area (Å²) in [4.78, 5) is 2.44. The molecule has 0 aromatic carbocycles. The van der Waals surface area contributed by atoms with Crippen molar-refractivity contribution in [3.63, 3.8) is 0 Å². The molecule has 0 unspecified atom stereocenters. The zero-order valence-electron chi connectivity index (χ0n) is 11.9. The molecule has 18 heavy (non-hydrogen) atoms. The molecular weight excluding hydrogens is 226 g/mol. The number of nitrogens with zero attached hydrogens (tertiary/aromatic N) is 3. The van der Waals surface area contributed by atoms with Crippen molar-refractivity contribution in [2.75, 3.05) is 32.8 Å². The van der Waals surface area contributed by atoms with Crippen molar-refractivity contribution in [1.29, 1.82) is 0 Å². The molecule has 1 saturated heterocycles. The molecule has 0 saturated carbocycles. The summed E-state index contributed by atoms with van der Waals surface area (Å²) in [5.74, 6) is 0. The molecule has 1 aromatic rings. The van der Waals surface area contributed by atoms with Crippen LogP contribution >= 0.6 is 0 Å². The number of ether oxygens (including phenoxy) is 1. The Kier molecular flexibility index (Phi) is 4.40. The summed E-state index contributed by atoms with van der Waals surface area (Å²) in [7, 11) is 0. The summed E-state index contributed by atoms with van der Waals surface area (Å²) in [5.41, 5.74) is 1.57. The molecule has 4 heteroatoms. The lowest BCUT2D eigenvalue weighted by Crippen LogP contribution is -2.38. The normalized spacial score (nSPS) is 18.2. The lowest BCUT2D eigenvalue weighted by molar-refractivity contribution is 0.0359. The first kappa shape index (κ1) is 13.6. The standard InChI is InChI=1S/C14H25N3O/c1-4-14(2,3)13-11-15-17(12-13)6-5-16-7-9-18-10-8-16/h11-12H,4-10H2,1-3H3. The van der Waals surface area contributed by atoms with E-state index >= 15 is 0 Å². The molecule has 102 valence electrons. The molecule has 2 rings (SSSR count). The first-order chi connectivity index (χ1) is 8.62. The first-order valence-electron chi connectivity index (χ1n) is 6.95. The SMILES string of the molecule is CCC(C)(C)c1cnn(CCN2CCOCC2)c1. The second kappa shape index (κ2) is 5.85. The molecule has 0 radical (unpaired) electrons. The van der Waals surface area contributed by atoms with Gasteiger partial charge in [0.1, 0.15) is 0 Å². The minimum absolute atomic E-state index is 0.233. The highest BCUT2D eigenvalue weighted by atomic mass is 16.5. The van der Waals surface area contributed by atoms with Crippen LogP contribution in [0.3, 0.4) is 0 Å². The van der Waals surface area contributed by atoms with Crippen molar-refractivity contribution in [2.24, 2.45) is 0 Å². The van der Waals surface area contributed by atoms with Crippen LogP contribution < -0.4 is 0 Å². The Morgan fingerprint density at radius 1 is 1.28 bits per heavy atom. The van der Waals surface area contributed by atoms with E-state index < -0.39 is 0 Å². The molecule has 0 aliphatic carbocycles. The topological polar surface area (TPSA) is 30.3 Å². The molecule has 0 atom stereocenters. The maximum Gasteiger partial charge on any atom is 0.0594 e. The van der Waals surface area contributed by atoms with E-state index in [-0.39, 0.29) is 5.41 Å². The van der Waals surface area contributed by atoms with E-state index in [1.165, 1.54) is 5.56 Å². The van der Waals surface area contributed by atoms with Crippen molar-refractivity contribution >= 4 is 0 Å². The molecule has 1 aliphatic heterocycles. The Bertz CT molecular complexity index is 367. The zero-order chi connectivity index (χ0) is 13.0. The van der Waals surface area contributed by atoms with E-state index in [2.05, 4.69) is 41.6 Å².